The summed E-state index contributed by atoms with van der Waals surface area (Å²) < 4.78 is 5.25. The van der Waals surface area contributed by atoms with E-state index in [4.69, 9.17) is 22.1 Å². The van der Waals surface area contributed by atoms with Crippen LogP contribution < -0.4 is 10.5 Å². The number of aromatic amines is 1. The van der Waals surface area contributed by atoms with Gasteiger partial charge in [-0.1, -0.05) is 23.7 Å². The van der Waals surface area contributed by atoms with Gasteiger partial charge in [-0.2, -0.15) is 0 Å². The van der Waals surface area contributed by atoms with Crippen LogP contribution in [0, 0.1) is 0 Å². The third kappa shape index (κ3) is 1.89. The number of nitrogens with zero attached hydrogens (tertiary/aromatic N) is 1. The van der Waals surface area contributed by atoms with Gasteiger partial charge >= 0.3 is 0 Å². The smallest absolute Gasteiger partial charge is 0.152 e. The third-order valence-corrected chi connectivity index (χ3v) is 2.61. The van der Waals surface area contributed by atoms with Crippen molar-refractivity contribution in [2.45, 2.75) is 6.54 Å². The van der Waals surface area contributed by atoms with E-state index in [0.29, 0.717) is 17.5 Å². The fraction of sp³-hybridized carbons (Fsp3) is 0.182. The van der Waals surface area contributed by atoms with Gasteiger partial charge < -0.3 is 15.5 Å². The molecular formula is C11H12ClN3O. The summed E-state index contributed by atoms with van der Waals surface area (Å²) in [4.78, 5) is 7.28. The fourth-order valence-electron chi connectivity index (χ4n) is 1.49. The highest BCUT2D eigenvalue weighted by Crippen LogP contribution is 2.29. The summed E-state index contributed by atoms with van der Waals surface area (Å²) in [5.74, 6) is 1.42. The maximum absolute atomic E-state index is 5.93. The first-order valence-electron chi connectivity index (χ1n) is 4.84. The molecule has 2 rings (SSSR count). The van der Waals surface area contributed by atoms with Crippen LogP contribution in [-0.2, 0) is 6.54 Å². The molecule has 4 nitrogen and oxygen atoms in total. The molecule has 0 aliphatic rings. The minimum absolute atomic E-state index is 0.334. The number of nitrogens with two attached hydrogens (primary N) is 1. The second-order valence-corrected chi connectivity index (χ2v) is 3.62. The SMILES string of the molecule is COc1ccccc1-c1nc(Cl)c(CN)[nH]1. The number of hydrogen-bond donors (Lipinski definition) is 2. The summed E-state index contributed by atoms with van der Waals surface area (Å²) in [6.07, 6.45) is 0. The lowest BCUT2D eigenvalue weighted by Gasteiger charge is -2.04. The summed E-state index contributed by atoms with van der Waals surface area (Å²) >= 11 is 5.93. The van der Waals surface area contributed by atoms with Crippen LogP contribution in [0.5, 0.6) is 5.75 Å². The van der Waals surface area contributed by atoms with Gasteiger partial charge in [0, 0.05) is 6.54 Å². The zero-order valence-electron chi connectivity index (χ0n) is 8.83. The first-order valence-corrected chi connectivity index (χ1v) is 5.22. The predicted octanol–water partition coefficient (Wildman–Crippen LogP) is 2.20. The number of ether oxygens (including phenoxy) is 1. The van der Waals surface area contributed by atoms with Crippen LogP contribution in [0.25, 0.3) is 11.4 Å². The quantitative estimate of drug-likeness (QED) is 0.860. The van der Waals surface area contributed by atoms with Gasteiger partial charge in [-0.05, 0) is 12.1 Å². The molecule has 1 aromatic carbocycles. The van der Waals surface area contributed by atoms with Crippen molar-refractivity contribution in [3.05, 3.63) is 35.1 Å². The van der Waals surface area contributed by atoms with Crippen molar-refractivity contribution in [2.75, 3.05) is 7.11 Å². The van der Waals surface area contributed by atoms with Crippen LogP contribution >= 0.6 is 11.6 Å². The second-order valence-electron chi connectivity index (χ2n) is 3.26. The summed E-state index contributed by atoms with van der Waals surface area (Å²) in [5.41, 5.74) is 7.12. The molecule has 16 heavy (non-hydrogen) atoms. The average molecular weight is 238 g/mol. The van der Waals surface area contributed by atoms with Gasteiger partial charge in [0.15, 0.2) is 5.15 Å². The van der Waals surface area contributed by atoms with Crippen molar-refractivity contribution in [2.24, 2.45) is 5.73 Å². The lowest BCUT2D eigenvalue weighted by molar-refractivity contribution is 0.416. The number of rotatable bonds is 3. The van der Waals surface area contributed by atoms with Crippen LogP contribution in [0.1, 0.15) is 5.69 Å². The third-order valence-electron chi connectivity index (χ3n) is 2.29. The standard InChI is InChI=1S/C11H12ClN3O/c1-16-9-5-3-2-4-7(9)11-14-8(6-13)10(12)15-11/h2-5H,6,13H2,1H3,(H,14,15). The molecule has 0 fully saturated rings. The molecule has 0 saturated carbocycles. The molecule has 84 valence electrons. The molecule has 0 amide bonds. The van der Waals surface area contributed by atoms with E-state index in [0.717, 1.165) is 17.0 Å². The molecule has 0 bridgehead atoms. The first-order chi connectivity index (χ1) is 7.76. The summed E-state index contributed by atoms with van der Waals surface area (Å²) in [6, 6.07) is 7.59. The van der Waals surface area contributed by atoms with Crippen LogP contribution in [0.15, 0.2) is 24.3 Å². The molecule has 0 aliphatic heterocycles. The Morgan fingerprint density at radius 2 is 2.19 bits per heavy atom. The van der Waals surface area contributed by atoms with Crippen LogP contribution in [0.2, 0.25) is 5.15 Å². The van der Waals surface area contributed by atoms with Crippen molar-refractivity contribution in [3.63, 3.8) is 0 Å². The van der Waals surface area contributed by atoms with Crippen molar-refractivity contribution in [3.8, 4) is 17.1 Å². The van der Waals surface area contributed by atoms with Gasteiger partial charge in [0.25, 0.3) is 0 Å². The van der Waals surface area contributed by atoms with Crippen molar-refractivity contribution in [1.29, 1.82) is 0 Å². The number of hydrogen-bond acceptors (Lipinski definition) is 3. The van der Waals surface area contributed by atoms with Gasteiger partial charge in [-0.3, -0.25) is 0 Å². The molecule has 0 unspecified atom stereocenters. The zero-order valence-corrected chi connectivity index (χ0v) is 9.58. The molecule has 3 N–H and O–H groups in total. The Morgan fingerprint density at radius 1 is 1.44 bits per heavy atom. The van der Waals surface area contributed by atoms with Crippen LogP contribution in [-0.4, -0.2) is 17.1 Å². The van der Waals surface area contributed by atoms with E-state index in [1.807, 2.05) is 24.3 Å². The molecule has 0 radical (unpaired) electrons. The summed E-state index contributed by atoms with van der Waals surface area (Å²) in [5, 5.41) is 0.406. The normalized spacial score (nSPS) is 10.4. The lowest BCUT2D eigenvalue weighted by atomic mass is 10.2. The minimum atomic E-state index is 0.334. The highest BCUT2D eigenvalue weighted by molar-refractivity contribution is 6.30. The van der Waals surface area contributed by atoms with E-state index < -0.39 is 0 Å². The summed E-state index contributed by atoms with van der Waals surface area (Å²) in [7, 11) is 1.62. The number of para-hydroxylation sites is 1. The highest BCUT2D eigenvalue weighted by Gasteiger charge is 2.11. The number of halogens is 1. The fourth-order valence-corrected chi connectivity index (χ4v) is 1.70. The van der Waals surface area contributed by atoms with Gasteiger partial charge in [0.2, 0.25) is 0 Å². The second kappa shape index (κ2) is 4.55. The number of methoxy groups -OCH3 is 1. The Bertz CT molecular complexity index is 496. The van der Waals surface area contributed by atoms with E-state index >= 15 is 0 Å². The maximum Gasteiger partial charge on any atom is 0.152 e. The summed E-state index contributed by atoms with van der Waals surface area (Å²) in [6.45, 7) is 0.334. The highest BCUT2D eigenvalue weighted by atomic mass is 35.5. The molecule has 0 saturated heterocycles. The monoisotopic (exact) mass is 237 g/mol. The van der Waals surface area contributed by atoms with E-state index in [9.17, 15) is 0 Å². The van der Waals surface area contributed by atoms with Crippen molar-refractivity contribution >= 4 is 11.6 Å². The van der Waals surface area contributed by atoms with Crippen molar-refractivity contribution in [1.82, 2.24) is 9.97 Å². The molecule has 1 aromatic heterocycles. The van der Waals surface area contributed by atoms with E-state index in [1.165, 1.54) is 0 Å². The predicted molar refractivity (Wildman–Crippen MR) is 63.5 cm³/mol. The number of imidazole rings is 1. The number of H-pyrrole nitrogens is 1. The Hall–Kier alpha value is -1.52. The topological polar surface area (TPSA) is 63.9 Å². The van der Waals surface area contributed by atoms with Crippen molar-refractivity contribution < 1.29 is 4.74 Å². The zero-order chi connectivity index (χ0) is 11.5. The van der Waals surface area contributed by atoms with E-state index in [-0.39, 0.29) is 0 Å². The molecule has 5 heteroatoms. The van der Waals surface area contributed by atoms with Crippen LogP contribution in [0.4, 0.5) is 0 Å². The van der Waals surface area contributed by atoms with E-state index in [1.54, 1.807) is 7.11 Å². The van der Waals surface area contributed by atoms with Gasteiger partial charge in [-0.25, -0.2) is 4.98 Å². The minimum Gasteiger partial charge on any atom is -0.496 e. The molecule has 0 spiro atoms. The molecule has 1 heterocycles. The van der Waals surface area contributed by atoms with Crippen LogP contribution in [0.3, 0.4) is 0 Å². The number of benzene rings is 1. The van der Waals surface area contributed by atoms with E-state index in [2.05, 4.69) is 9.97 Å². The molecule has 0 aliphatic carbocycles. The largest absolute Gasteiger partial charge is 0.496 e. The lowest BCUT2D eigenvalue weighted by Crippen LogP contribution is -1.96. The van der Waals surface area contributed by atoms with Gasteiger partial charge in [-0.15, -0.1) is 0 Å². The first kappa shape index (κ1) is 11.0. The number of aromatic nitrogens is 2. The van der Waals surface area contributed by atoms with Gasteiger partial charge in [0.05, 0.1) is 18.4 Å². The number of nitrogens with one attached hydrogen (secondary N) is 1. The Balaban J connectivity index is 2.49. The molecule has 2 aromatic rings. The molecule has 0 atom stereocenters. The maximum atomic E-state index is 5.93. The van der Waals surface area contributed by atoms with Gasteiger partial charge in [0.1, 0.15) is 11.6 Å². The Kier molecular flexibility index (Phi) is 3.12. The Labute approximate surface area is 98.4 Å². The Morgan fingerprint density at radius 3 is 2.81 bits per heavy atom. The average Bonchev–Trinajstić information content (AvgIpc) is 2.70. The molecular weight excluding hydrogens is 226 g/mol.